The van der Waals surface area contributed by atoms with Gasteiger partial charge in [0.1, 0.15) is 28.6 Å². The highest BCUT2D eigenvalue weighted by molar-refractivity contribution is 7.46. The Morgan fingerprint density at radius 2 is 0.894 bits per heavy atom. The third-order valence-electron chi connectivity index (χ3n) is 20.9. The van der Waals surface area contributed by atoms with E-state index in [1.165, 1.54) is 109 Å². The van der Waals surface area contributed by atoms with Crippen LogP contribution >= 0.6 is 7.82 Å². The standard InChI is InChI=1S/C22H29NO2.C19H25NO2.C18H24N2O2.C18H22NO5P/c1-3-22(4-2)12-10-16(11-13-22)14-18-15-19(24)20(21(25)23-18)17-8-6-5-7-9-17;1-19(2)9-7-13(8-10-19)11-15-12-16(21)17(18(22)20-15)14-5-3-4-6-14;1-18(2)7-5-12(6-8-18)10-13-11-15(21)16(17(22)20-13)14-4-3-9-19-14;20-18-17(14-9-5-2-6-10-14)16(24-25(21,22)23)12-15(19-18)11-13-7-3-1-4-8-13/h5-9,15-16H,3-4,10-14H2,1-2H3,(H2,23,24,25);3,5-6,12-13H,4,7-11H2,1-2H3,(H2,20,21,22);3-4,9,11-12,19H,5-8,10H2,1-2H3,(H2,20,21,22);2,5-6,9-10,12-13H,1,3-4,7-8,11H2,(H,19,20)(H2,21,22,23). The van der Waals surface area contributed by atoms with Crippen molar-refractivity contribution in [2.45, 2.75) is 196 Å². The molecule has 0 bridgehead atoms. The quantitative estimate of drug-likeness (QED) is 0.0406. The Labute approximate surface area is 553 Å². The van der Waals surface area contributed by atoms with Gasteiger partial charge in [-0.25, -0.2) is 4.57 Å². The van der Waals surface area contributed by atoms with Crippen molar-refractivity contribution in [3.8, 4) is 56.5 Å². The maximum absolute atomic E-state index is 12.6. The van der Waals surface area contributed by atoms with Crippen molar-refractivity contribution in [2.75, 3.05) is 0 Å². The Hall–Kier alpha value is -7.65. The maximum atomic E-state index is 12.6. The lowest BCUT2D eigenvalue weighted by Crippen LogP contribution is -2.27. The van der Waals surface area contributed by atoms with Crippen molar-refractivity contribution in [3.63, 3.8) is 0 Å². The lowest BCUT2D eigenvalue weighted by atomic mass is 9.67. The average Bonchev–Trinajstić information content (AvgIpc) is 1.08. The number of H-pyrrole nitrogens is 5. The summed E-state index contributed by atoms with van der Waals surface area (Å²) in [5, 5.41) is 30.9. The van der Waals surface area contributed by atoms with Gasteiger partial charge in [-0.1, -0.05) is 165 Å². The largest absolute Gasteiger partial charge is 0.524 e. The normalized spacial score (nSPS) is 18.1. The van der Waals surface area contributed by atoms with E-state index in [0.717, 1.165) is 66.7 Å². The molecule has 16 nitrogen and oxygen atoms in total. The molecule has 4 fully saturated rings. The van der Waals surface area contributed by atoms with Crippen LogP contribution in [0, 0.1) is 39.9 Å². The van der Waals surface area contributed by atoms with E-state index in [2.05, 4.69) is 66.5 Å². The number of benzene rings is 2. The molecule has 5 aliphatic rings. The summed E-state index contributed by atoms with van der Waals surface area (Å²) in [7, 11) is -4.77. The SMILES string of the molecule is CC1(C)CCC(Cc2cc(O)c(-c3ccc[nH]3)c(=O)[nH]2)CC1.CC1(C)CCC(Cc2cc(O)c(C3=CCC=C3)c(=O)[nH]2)CC1.CCC1(CC)CCC(Cc2cc(O)c(-c3ccccc3)c(=O)[nH]2)CC1.O=c1[nH]c(CC2CCCCC2)cc(OP(=O)(O)O)c1-c1ccccc1. The molecule has 0 unspecified atom stereocenters. The molecule has 4 saturated carbocycles. The van der Waals surface area contributed by atoms with Gasteiger partial charge in [0, 0.05) is 53.2 Å². The van der Waals surface area contributed by atoms with Crippen LogP contribution in [-0.2, 0) is 30.2 Å². The smallest absolute Gasteiger partial charge is 0.507 e. The Bertz CT molecular complexity index is 3970. The summed E-state index contributed by atoms with van der Waals surface area (Å²) >= 11 is 0. The van der Waals surface area contributed by atoms with Gasteiger partial charge in [0.15, 0.2) is 0 Å². The van der Waals surface area contributed by atoms with E-state index in [-0.39, 0.29) is 45.2 Å². The molecule has 12 rings (SSSR count). The zero-order valence-corrected chi connectivity index (χ0v) is 56.9. The van der Waals surface area contributed by atoms with Crippen molar-refractivity contribution in [1.82, 2.24) is 24.9 Å². The number of rotatable bonds is 16. The van der Waals surface area contributed by atoms with Crippen LogP contribution in [0.1, 0.15) is 198 Å². The van der Waals surface area contributed by atoms with Crippen LogP contribution in [0.25, 0.3) is 39.1 Å². The maximum Gasteiger partial charge on any atom is 0.524 e. The summed E-state index contributed by atoms with van der Waals surface area (Å²) in [6.45, 7) is 13.9. The number of hydrogen-bond donors (Lipinski definition) is 10. The van der Waals surface area contributed by atoms with E-state index >= 15 is 0 Å². The van der Waals surface area contributed by atoms with Gasteiger partial charge < -0.3 is 44.8 Å². The number of hydrogen-bond acceptors (Lipinski definition) is 9. The van der Waals surface area contributed by atoms with E-state index in [1.54, 1.807) is 66.9 Å². The third-order valence-corrected chi connectivity index (χ3v) is 21.3. The zero-order chi connectivity index (χ0) is 67.2. The summed E-state index contributed by atoms with van der Waals surface area (Å²) in [4.78, 5) is 82.8. The van der Waals surface area contributed by atoms with E-state index < -0.39 is 13.4 Å². The van der Waals surface area contributed by atoms with Gasteiger partial charge in [0.25, 0.3) is 22.2 Å². The van der Waals surface area contributed by atoms with Crippen LogP contribution in [0.4, 0.5) is 0 Å². The molecule has 17 heteroatoms. The summed E-state index contributed by atoms with van der Waals surface area (Å²) in [6, 6.07) is 28.4. The molecule has 0 radical (unpaired) electrons. The lowest BCUT2D eigenvalue weighted by Gasteiger charge is -2.39. The average molecular weight is 1300 g/mol. The second kappa shape index (κ2) is 31.7. The van der Waals surface area contributed by atoms with Crippen molar-refractivity contribution in [3.05, 3.63) is 191 Å². The first kappa shape index (κ1) is 70.7. The molecule has 94 heavy (non-hydrogen) atoms. The summed E-state index contributed by atoms with van der Waals surface area (Å²) in [5.74, 6) is 2.45. The van der Waals surface area contributed by atoms with E-state index in [4.69, 9.17) is 4.52 Å². The van der Waals surface area contributed by atoms with Gasteiger partial charge in [-0.3, -0.25) is 29.0 Å². The number of pyridine rings is 4. The molecule has 0 atom stereocenters. The molecular weight excluding hydrogens is 1200 g/mol. The summed E-state index contributed by atoms with van der Waals surface area (Å²) in [5.41, 5.74) is 7.63. The molecule has 5 aliphatic carbocycles. The third kappa shape index (κ3) is 19.5. The summed E-state index contributed by atoms with van der Waals surface area (Å²) in [6.07, 6.45) is 34.7. The predicted octanol–water partition coefficient (Wildman–Crippen LogP) is 16.9. The van der Waals surface area contributed by atoms with Gasteiger partial charge >= 0.3 is 7.82 Å². The van der Waals surface area contributed by atoms with Gasteiger partial charge in [-0.2, -0.15) is 0 Å². The number of phosphoric acid groups is 1. The fraction of sp³-hybridized carbons (Fsp3) is 0.481. The van der Waals surface area contributed by atoms with Crippen molar-refractivity contribution in [2.24, 2.45) is 39.9 Å². The first-order chi connectivity index (χ1) is 44.9. The van der Waals surface area contributed by atoms with Crippen LogP contribution in [0.3, 0.4) is 0 Å². The summed E-state index contributed by atoms with van der Waals surface area (Å²) < 4.78 is 16.2. The van der Waals surface area contributed by atoms with Crippen LogP contribution < -0.4 is 26.8 Å². The van der Waals surface area contributed by atoms with Crippen LogP contribution in [0.5, 0.6) is 23.0 Å². The Kier molecular flexibility index (Phi) is 23.8. The molecule has 0 amide bonds. The number of aromatic amines is 5. The van der Waals surface area contributed by atoms with Crippen LogP contribution in [0.2, 0.25) is 0 Å². The molecule has 0 aliphatic heterocycles. The predicted molar refractivity (Wildman–Crippen MR) is 376 cm³/mol. The number of aromatic nitrogens is 5. The number of aromatic hydroxyl groups is 3. The monoisotopic (exact) mass is 1300 g/mol. The number of nitrogens with one attached hydrogen (secondary N) is 5. The highest BCUT2D eigenvalue weighted by Gasteiger charge is 2.33. The minimum Gasteiger partial charge on any atom is -0.507 e. The number of phosphoric ester groups is 1. The Morgan fingerprint density at radius 1 is 0.489 bits per heavy atom. The zero-order valence-electron chi connectivity index (χ0n) is 56.0. The molecule has 7 aromatic rings. The molecule has 0 saturated heterocycles. The van der Waals surface area contributed by atoms with E-state index in [9.17, 15) is 48.8 Å². The fourth-order valence-electron chi connectivity index (χ4n) is 14.9. The first-order valence-electron chi connectivity index (χ1n) is 34.4. The van der Waals surface area contributed by atoms with Gasteiger partial charge in [0.2, 0.25) is 0 Å². The van der Waals surface area contributed by atoms with E-state index in [1.807, 2.05) is 54.6 Å². The van der Waals surface area contributed by atoms with Gasteiger partial charge in [-0.05, 0) is 178 Å². The Morgan fingerprint density at radius 3 is 1.30 bits per heavy atom. The first-order valence-corrected chi connectivity index (χ1v) is 35.9. The molecule has 0 spiro atoms. The number of allylic oxidation sites excluding steroid dienone is 4. The van der Waals surface area contributed by atoms with Crippen LogP contribution in [-0.4, -0.2) is 50.0 Å². The molecule has 5 aromatic heterocycles. The van der Waals surface area contributed by atoms with Crippen molar-refractivity contribution in [1.29, 1.82) is 0 Å². The molecule has 5 heterocycles. The molecule has 2 aromatic carbocycles. The lowest BCUT2D eigenvalue weighted by molar-refractivity contribution is 0.135. The highest BCUT2D eigenvalue weighted by atomic mass is 31.2. The highest BCUT2D eigenvalue weighted by Crippen LogP contribution is 2.46. The minimum atomic E-state index is -4.77. The fourth-order valence-corrected chi connectivity index (χ4v) is 15.3. The second-order valence-electron chi connectivity index (χ2n) is 28.9. The molecular formula is C77H100N5O11P. The van der Waals surface area contributed by atoms with Crippen LogP contribution in [0.15, 0.2) is 141 Å². The topological polar surface area (TPSA) is 275 Å². The molecule has 10 N–H and O–H groups in total. The van der Waals surface area contributed by atoms with E-state index in [0.29, 0.717) is 80.0 Å². The van der Waals surface area contributed by atoms with Crippen molar-refractivity contribution < 1.29 is 34.2 Å². The van der Waals surface area contributed by atoms with Crippen molar-refractivity contribution >= 4 is 13.4 Å². The minimum absolute atomic E-state index is 0.0531. The van der Waals surface area contributed by atoms with Gasteiger partial charge in [-0.15, -0.1) is 0 Å². The molecule has 504 valence electrons. The second-order valence-corrected chi connectivity index (χ2v) is 30.1. The Balaban J connectivity index is 0.000000148. The van der Waals surface area contributed by atoms with Gasteiger partial charge in [0.05, 0.1) is 22.4 Å².